The minimum atomic E-state index is 0.496. The number of hydrogen-bond donors (Lipinski definition) is 0. The molecule has 0 aromatic carbocycles. The zero-order chi connectivity index (χ0) is 11.5. The van der Waals surface area contributed by atoms with E-state index < -0.39 is 0 Å². The number of hydrogen-bond acceptors (Lipinski definition) is 0. The van der Waals surface area contributed by atoms with Crippen LogP contribution in [0.25, 0.3) is 0 Å². The third-order valence-electron chi connectivity index (χ3n) is 3.73. The van der Waals surface area contributed by atoms with E-state index in [0.29, 0.717) is 11.3 Å². The van der Waals surface area contributed by atoms with Crippen LogP contribution in [-0.2, 0) is 0 Å². The molecule has 0 aromatic rings. The molecule has 88 valence electrons. The lowest BCUT2D eigenvalue weighted by molar-refractivity contribution is 0.162. The van der Waals surface area contributed by atoms with Crippen LogP contribution in [0.5, 0.6) is 0 Å². The molecule has 0 nitrogen and oxygen atoms in total. The fraction of sp³-hybridized carbons (Fsp3) is 0.857. The molecule has 0 aromatic heterocycles. The molecular weight excluding hydrogens is 204 g/mol. The number of allylic oxidation sites excluding steroid dienone is 2. The summed E-state index contributed by atoms with van der Waals surface area (Å²) in [6.45, 7) is 9.26. The summed E-state index contributed by atoms with van der Waals surface area (Å²) in [5, 5.41) is 0. The fourth-order valence-corrected chi connectivity index (χ4v) is 2.69. The van der Waals surface area contributed by atoms with Gasteiger partial charge in [-0.1, -0.05) is 32.4 Å². The highest BCUT2D eigenvalue weighted by Gasteiger charge is 2.28. The average molecular weight is 229 g/mol. The van der Waals surface area contributed by atoms with Gasteiger partial charge in [-0.05, 0) is 49.9 Å². The molecule has 1 rings (SSSR count). The van der Waals surface area contributed by atoms with Gasteiger partial charge < -0.3 is 0 Å². The molecule has 0 aliphatic heterocycles. The Morgan fingerprint density at radius 1 is 1.20 bits per heavy atom. The maximum absolute atomic E-state index is 5.80. The van der Waals surface area contributed by atoms with Crippen molar-refractivity contribution in [2.75, 3.05) is 5.88 Å². The Labute approximate surface area is 100 Å². The van der Waals surface area contributed by atoms with E-state index in [-0.39, 0.29) is 0 Å². The van der Waals surface area contributed by atoms with Gasteiger partial charge in [-0.2, -0.15) is 0 Å². The summed E-state index contributed by atoms with van der Waals surface area (Å²) in [4.78, 5) is 0. The monoisotopic (exact) mass is 228 g/mol. The first-order valence-corrected chi connectivity index (χ1v) is 6.70. The van der Waals surface area contributed by atoms with E-state index in [0.717, 1.165) is 11.8 Å². The first-order valence-electron chi connectivity index (χ1n) is 6.16. The minimum Gasteiger partial charge on any atom is -0.122 e. The fourth-order valence-electron chi connectivity index (χ4n) is 2.60. The summed E-state index contributed by atoms with van der Waals surface area (Å²) in [5.74, 6) is 2.40. The summed E-state index contributed by atoms with van der Waals surface area (Å²) >= 11 is 5.80. The third kappa shape index (κ3) is 4.18. The topological polar surface area (TPSA) is 0 Å². The number of halogens is 1. The standard InChI is InChI=1S/C14H25Cl/c1-11(10-15)9-12-5-7-13(8-6-12)14(2,3)4/h9,12-13H,5-8,10H2,1-4H3. The highest BCUT2D eigenvalue weighted by atomic mass is 35.5. The van der Waals surface area contributed by atoms with E-state index in [1.807, 2.05) is 0 Å². The normalized spacial score (nSPS) is 29.3. The minimum absolute atomic E-state index is 0.496. The van der Waals surface area contributed by atoms with Crippen LogP contribution in [0.4, 0.5) is 0 Å². The summed E-state index contributed by atoms with van der Waals surface area (Å²) in [6.07, 6.45) is 7.89. The second kappa shape index (κ2) is 5.39. The molecule has 1 heteroatoms. The third-order valence-corrected chi connectivity index (χ3v) is 4.15. The van der Waals surface area contributed by atoms with Gasteiger partial charge in [-0.3, -0.25) is 0 Å². The predicted octanol–water partition coefficient (Wildman–Crippen LogP) is 5.02. The maximum atomic E-state index is 5.80. The largest absolute Gasteiger partial charge is 0.122 e. The van der Waals surface area contributed by atoms with Crippen LogP contribution in [0.1, 0.15) is 53.4 Å². The quantitative estimate of drug-likeness (QED) is 0.460. The Kier molecular flexibility index (Phi) is 4.70. The van der Waals surface area contributed by atoms with Gasteiger partial charge in [0.2, 0.25) is 0 Å². The van der Waals surface area contributed by atoms with Gasteiger partial charge in [0.25, 0.3) is 0 Å². The van der Waals surface area contributed by atoms with Crippen molar-refractivity contribution in [1.82, 2.24) is 0 Å². The van der Waals surface area contributed by atoms with E-state index in [9.17, 15) is 0 Å². The van der Waals surface area contributed by atoms with E-state index in [1.165, 1.54) is 31.3 Å². The Bertz CT molecular complexity index is 214. The van der Waals surface area contributed by atoms with Crippen molar-refractivity contribution in [2.45, 2.75) is 53.4 Å². The number of rotatable bonds is 2. The van der Waals surface area contributed by atoms with Crippen LogP contribution in [0, 0.1) is 17.3 Å². The molecule has 1 saturated carbocycles. The van der Waals surface area contributed by atoms with E-state index in [1.54, 1.807) is 0 Å². The zero-order valence-electron chi connectivity index (χ0n) is 10.6. The lowest BCUT2D eigenvalue weighted by Gasteiger charge is -2.36. The maximum Gasteiger partial charge on any atom is 0.0430 e. The van der Waals surface area contributed by atoms with Crippen molar-refractivity contribution < 1.29 is 0 Å². The molecule has 1 aliphatic rings. The predicted molar refractivity (Wildman–Crippen MR) is 69.4 cm³/mol. The summed E-state index contributed by atoms with van der Waals surface area (Å²) in [6, 6.07) is 0. The van der Waals surface area contributed by atoms with E-state index in [2.05, 4.69) is 33.8 Å². The molecule has 0 N–H and O–H groups in total. The van der Waals surface area contributed by atoms with E-state index in [4.69, 9.17) is 11.6 Å². The van der Waals surface area contributed by atoms with Crippen molar-refractivity contribution in [2.24, 2.45) is 17.3 Å². The summed E-state index contributed by atoms with van der Waals surface area (Å²) < 4.78 is 0. The van der Waals surface area contributed by atoms with Gasteiger partial charge in [0.05, 0.1) is 0 Å². The van der Waals surface area contributed by atoms with Crippen molar-refractivity contribution in [1.29, 1.82) is 0 Å². The van der Waals surface area contributed by atoms with Gasteiger partial charge in [0, 0.05) is 5.88 Å². The van der Waals surface area contributed by atoms with Gasteiger partial charge in [0.15, 0.2) is 0 Å². The molecule has 0 amide bonds. The highest BCUT2D eigenvalue weighted by Crippen LogP contribution is 2.40. The molecule has 0 atom stereocenters. The Morgan fingerprint density at radius 2 is 1.73 bits per heavy atom. The van der Waals surface area contributed by atoms with Crippen LogP contribution in [0.2, 0.25) is 0 Å². The molecule has 0 spiro atoms. The van der Waals surface area contributed by atoms with Gasteiger partial charge >= 0.3 is 0 Å². The molecule has 0 heterocycles. The van der Waals surface area contributed by atoms with Crippen LogP contribution < -0.4 is 0 Å². The van der Waals surface area contributed by atoms with Crippen LogP contribution >= 0.6 is 11.6 Å². The average Bonchev–Trinajstić information content (AvgIpc) is 2.17. The summed E-state index contributed by atoms with van der Waals surface area (Å²) in [5.41, 5.74) is 1.84. The van der Waals surface area contributed by atoms with Crippen molar-refractivity contribution in [3.63, 3.8) is 0 Å². The molecule has 0 saturated heterocycles. The summed E-state index contributed by atoms with van der Waals surface area (Å²) in [7, 11) is 0. The molecule has 1 fully saturated rings. The molecule has 0 bridgehead atoms. The van der Waals surface area contributed by atoms with Gasteiger partial charge in [0.1, 0.15) is 0 Å². The Balaban J connectivity index is 2.43. The SMILES string of the molecule is CC(=CC1CCC(C(C)(C)C)CC1)CCl. The molecule has 0 radical (unpaired) electrons. The van der Waals surface area contributed by atoms with Crippen molar-refractivity contribution >= 4 is 11.6 Å². The van der Waals surface area contributed by atoms with Crippen LogP contribution in [0.15, 0.2) is 11.6 Å². The first kappa shape index (κ1) is 13.1. The smallest absolute Gasteiger partial charge is 0.0430 e. The molecule has 0 unspecified atom stereocenters. The lowest BCUT2D eigenvalue weighted by Crippen LogP contribution is -2.25. The van der Waals surface area contributed by atoms with Crippen molar-refractivity contribution in [3.05, 3.63) is 11.6 Å². The zero-order valence-corrected chi connectivity index (χ0v) is 11.4. The molecule has 1 aliphatic carbocycles. The second-order valence-corrected chi connectivity index (χ2v) is 6.39. The second-order valence-electron chi connectivity index (χ2n) is 6.12. The van der Waals surface area contributed by atoms with Crippen molar-refractivity contribution in [3.8, 4) is 0 Å². The van der Waals surface area contributed by atoms with Crippen LogP contribution in [-0.4, -0.2) is 5.88 Å². The number of alkyl halides is 1. The molecular formula is C14H25Cl. The Morgan fingerprint density at radius 3 is 2.13 bits per heavy atom. The first-order chi connectivity index (χ1) is 6.93. The highest BCUT2D eigenvalue weighted by molar-refractivity contribution is 6.19. The van der Waals surface area contributed by atoms with Gasteiger partial charge in [-0.25, -0.2) is 0 Å². The van der Waals surface area contributed by atoms with Crippen LogP contribution in [0.3, 0.4) is 0 Å². The van der Waals surface area contributed by atoms with E-state index >= 15 is 0 Å². The lowest BCUT2D eigenvalue weighted by atomic mass is 9.70. The Hall–Kier alpha value is 0.0300. The molecule has 15 heavy (non-hydrogen) atoms. The van der Waals surface area contributed by atoms with Gasteiger partial charge in [-0.15, -0.1) is 11.6 Å².